The van der Waals surface area contributed by atoms with Crippen LogP contribution in [0.1, 0.15) is 42.5 Å². The van der Waals surface area contributed by atoms with Crippen molar-refractivity contribution in [2.45, 2.75) is 50.1 Å². The Labute approximate surface area is 154 Å². The van der Waals surface area contributed by atoms with Crippen LogP contribution in [-0.4, -0.2) is 21.5 Å². The molecular formula is C19H20F2N2O2S. The number of nitrogens with zero attached hydrogens (tertiary/aromatic N) is 1. The summed E-state index contributed by atoms with van der Waals surface area (Å²) in [6, 6.07) is 3.25. The lowest BCUT2D eigenvalue weighted by Crippen LogP contribution is -2.21. The molecule has 0 atom stereocenters. The highest BCUT2D eigenvalue weighted by Gasteiger charge is 2.15. The van der Waals surface area contributed by atoms with Gasteiger partial charge in [-0.25, -0.2) is 13.8 Å². The summed E-state index contributed by atoms with van der Waals surface area (Å²) in [5.41, 5.74) is 1.85. The van der Waals surface area contributed by atoms with E-state index in [-0.39, 0.29) is 23.3 Å². The second kappa shape index (κ2) is 8.58. The van der Waals surface area contributed by atoms with E-state index >= 15 is 0 Å². The number of aryl methyl sites for hydroxylation is 1. The maximum Gasteiger partial charge on any atom is 0.254 e. The van der Waals surface area contributed by atoms with E-state index in [1.165, 1.54) is 17.8 Å². The molecule has 1 aromatic heterocycles. The standard InChI is InChI=1S/C19H20F2N2O2S/c20-13-8-7-12(16(21)11-13)10-14(24)4-3-9-26-19-22-17-6-2-1-5-15(17)18(25)23-19/h7-8,11H,1-6,9-10H2,(H,22,23,25). The van der Waals surface area contributed by atoms with Crippen LogP contribution < -0.4 is 5.56 Å². The number of carbonyl (C=O) groups excluding carboxylic acids is 1. The molecule has 2 aromatic rings. The minimum Gasteiger partial charge on any atom is -0.301 e. The Morgan fingerprint density at radius 1 is 1.23 bits per heavy atom. The number of carbonyl (C=O) groups is 1. The zero-order valence-corrected chi connectivity index (χ0v) is 15.1. The first-order valence-electron chi connectivity index (χ1n) is 8.73. The van der Waals surface area contributed by atoms with Crippen molar-refractivity contribution in [3.63, 3.8) is 0 Å². The molecule has 0 unspecified atom stereocenters. The number of aromatic nitrogens is 2. The molecule has 0 amide bonds. The summed E-state index contributed by atoms with van der Waals surface area (Å²) in [6.45, 7) is 0. The van der Waals surface area contributed by atoms with Crippen molar-refractivity contribution < 1.29 is 13.6 Å². The fourth-order valence-corrected chi connectivity index (χ4v) is 3.87. The van der Waals surface area contributed by atoms with Crippen LogP contribution in [0.3, 0.4) is 0 Å². The molecule has 0 saturated heterocycles. The third kappa shape index (κ3) is 4.78. The van der Waals surface area contributed by atoms with Crippen molar-refractivity contribution in [3.05, 3.63) is 57.0 Å². The van der Waals surface area contributed by atoms with Gasteiger partial charge in [-0.1, -0.05) is 17.8 Å². The Bertz CT molecular complexity index is 867. The van der Waals surface area contributed by atoms with Gasteiger partial charge in [0, 0.05) is 30.2 Å². The van der Waals surface area contributed by atoms with E-state index in [1.807, 2.05) is 0 Å². The van der Waals surface area contributed by atoms with Crippen LogP contribution in [0.25, 0.3) is 0 Å². The second-order valence-electron chi connectivity index (χ2n) is 6.41. The number of hydrogen-bond acceptors (Lipinski definition) is 4. The number of H-pyrrole nitrogens is 1. The average Bonchev–Trinajstić information content (AvgIpc) is 2.61. The Hall–Kier alpha value is -2.02. The van der Waals surface area contributed by atoms with Crippen molar-refractivity contribution in [3.8, 4) is 0 Å². The maximum absolute atomic E-state index is 13.6. The number of nitrogens with one attached hydrogen (secondary N) is 1. The predicted octanol–water partition coefficient (Wildman–Crippen LogP) is 3.61. The van der Waals surface area contributed by atoms with Crippen molar-refractivity contribution in [2.24, 2.45) is 0 Å². The first-order valence-corrected chi connectivity index (χ1v) is 9.72. The van der Waals surface area contributed by atoms with E-state index in [1.54, 1.807) is 0 Å². The van der Waals surface area contributed by atoms with Crippen molar-refractivity contribution in [2.75, 3.05) is 5.75 Å². The molecule has 1 aliphatic carbocycles. The normalized spacial score (nSPS) is 13.5. The van der Waals surface area contributed by atoms with Gasteiger partial charge >= 0.3 is 0 Å². The number of hydrogen-bond donors (Lipinski definition) is 1. The van der Waals surface area contributed by atoms with Gasteiger partial charge in [-0.3, -0.25) is 9.59 Å². The van der Waals surface area contributed by atoms with Crippen LogP contribution in [0.15, 0.2) is 28.2 Å². The van der Waals surface area contributed by atoms with Crippen molar-refractivity contribution in [1.29, 1.82) is 0 Å². The lowest BCUT2D eigenvalue weighted by molar-refractivity contribution is -0.118. The zero-order valence-electron chi connectivity index (χ0n) is 14.3. The molecule has 7 heteroatoms. The lowest BCUT2D eigenvalue weighted by atomic mass is 9.97. The molecule has 1 aliphatic rings. The molecule has 0 bridgehead atoms. The quantitative estimate of drug-likeness (QED) is 0.454. The second-order valence-corrected chi connectivity index (χ2v) is 7.49. The Balaban J connectivity index is 1.47. The van der Waals surface area contributed by atoms with Gasteiger partial charge in [-0.2, -0.15) is 0 Å². The monoisotopic (exact) mass is 378 g/mol. The Kier molecular flexibility index (Phi) is 6.19. The van der Waals surface area contributed by atoms with Crippen LogP contribution in [0.5, 0.6) is 0 Å². The number of fused-ring (bicyclic) bond motifs is 1. The highest BCUT2D eigenvalue weighted by molar-refractivity contribution is 7.99. The van der Waals surface area contributed by atoms with E-state index in [0.717, 1.165) is 49.1 Å². The fourth-order valence-electron chi connectivity index (χ4n) is 3.05. The molecule has 1 heterocycles. The van der Waals surface area contributed by atoms with Gasteiger partial charge in [0.05, 0.1) is 5.69 Å². The van der Waals surface area contributed by atoms with Gasteiger partial charge in [-0.05, 0) is 43.7 Å². The third-order valence-electron chi connectivity index (χ3n) is 4.41. The topological polar surface area (TPSA) is 62.8 Å². The van der Waals surface area contributed by atoms with E-state index in [4.69, 9.17) is 0 Å². The SMILES string of the molecule is O=C(CCCSc1nc2c(c(=O)[nH]1)CCCC2)Cc1ccc(F)cc1F. The molecule has 0 radical (unpaired) electrons. The van der Waals surface area contributed by atoms with Gasteiger partial charge in [0.1, 0.15) is 17.4 Å². The molecule has 1 N–H and O–H groups in total. The predicted molar refractivity (Wildman–Crippen MR) is 96.5 cm³/mol. The van der Waals surface area contributed by atoms with Crippen LogP contribution in [0, 0.1) is 11.6 Å². The van der Waals surface area contributed by atoms with Crippen LogP contribution >= 0.6 is 11.8 Å². The summed E-state index contributed by atoms with van der Waals surface area (Å²) in [5, 5.41) is 0.590. The van der Waals surface area contributed by atoms with E-state index in [0.29, 0.717) is 23.8 Å². The van der Waals surface area contributed by atoms with Crippen LogP contribution in [0.2, 0.25) is 0 Å². The first-order chi connectivity index (χ1) is 12.5. The molecule has 4 nitrogen and oxygen atoms in total. The Morgan fingerprint density at radius 3 is 2.85 bits per heavy atom. The van der Waals surface area contributed by atoms with Crippen molar-refractivity contribution in [1.82, 2.24) is 9.97 Å². The molecule has 3 rings (SSSR count). The number of Topliss-reactive ketones (excluding diaryl/α,β-unsaturated/α-hetero) is 1. The van der Waals surface area contributed by atoms with Crippen LogP contribution in [0.4, 0.5) is 8.78 Å². The van der Waals surface area contributed by atoms with E-state index in [9.17, 15) is 18.4 Å². The highest BCUT2D eigenvalue weighted by Crippen LogP contribution is 2.20. The molecule has 0 fully saturated rings. The Morgan fingerprint density at radius 2 is 2.04 bits per heavy atom. The summed E-state index contributed by atoms with van der Waals surface area (Å²) in [4.78, 5) is 31.3. The average molecular weight is 378 g/mol. The molecular weight excluding hydrogens is 358 g/mol. The smallest absolute Gasteiger partial charge is 0.254 e. The minimum atomic E-state index is -0.691. The van der Waals surface area contributed by atoms with Crippen molar-refractivity contribution >= 4 is 17.5 Å². The van der Waals surface area contributed by atoms with E-state index < -0.39 is 11.6 Å². The van der Waals surface area contributed by atoms with Gasteiger partial charge in [0.2, 0.25) is 0 Å². The highest BCUT2D eigenvalue weighted by atomic mass is 32.2. The number of thioether (sulfide) groups is 1. The van der Waals surface area contributed by atoms with Gasteiger partial charge < -0.3 is 4.98 Å². The summed E-state index contributed by atoms with van der Waals surface area (Å²) in [7, 11) is 0. The molecule has 26 heavy (non-hydrogen) atoms. The molecule has 0 aliphatic heterocycles. The minimum absolute atomic E-state index is 0.0370. The number of rotatable bonds is 7. The molecule has 0 saturated carbocycles. The number of benzene rings is 1. The molecule has 1 aromatic carbocycles. The molecule has 0 spiro atoms. The molecule has 138 valence electrons. The number of ketones is 1. The van der Waals surface area contributed by atoms with Gasteiger partial charge in [0.15, 0.2) is 5.16 Å². The number of aromatic amines is 1. The maximum atomic E-state index is 13.6. The summed E-state index contributed by atoms with van der Waals surface area (Å²) >= 11 is 1.42. The third-order valence-corrected chi connectivity index (χ3v) is 5.37. The zero-order chi connectivity index (χ0) is 18.5. The van der Waals surface area contributed by atoms with Gasteiger partial charge in [0.25, 0.3) is 5.56 Å². The number of halogens is 2. The summed E-state index contributed by atoms with van der Waals surface area (Å²) in [6.07, 6.45) is 4.59. The summed E-state index contributed by atoms with van der Waals surface area (Å²) in [5.74, 6) is -0.799. The largest absolute Gasteiger partial charge is 0.301 e. The van der Waals surface area contributed by atoms with Gasteiger partial charge in [-0.15, -0.1) is 0 Å². The van der Waals surface area contributed by atoms with Crippen LogP contribution in [-0.2, 0) is 24.1 Å². The van der Waals surface area contributed by atoms with E-state index in [2.05, 4.69) is 9.97 Å². The fraction of sp³-hybridized carbons (Fsp3) is 0.421. The lowest BCUT2D eigenvalue weighted by Gasteiger charge is -2.14. The first kappa shape index (κ1) is 18.8. The summed E-state index contributed by atoms with van der Waals surface area (Å²) < 4.78 is 26.4.